The molecule has 2 aliphatic heterocycles. The summed E-state index contributed by atoms with van der Waals surface area (Å²) in [5.74, 6) is 0. The van der Waals surface area contributed by atoms with Crippen LogP contribution >= 0.6 is 0 Å². The van der Waals surface area contributed by atoms with Gasteiger partial charge in [-0.05, 0) is 19.4 Å². The molecule has 0 aromatic carbocycles. The summed E-state index contributed by atoms with van der Waals surface area (Å²) in [6, 6.07) is 0. The Hall–Kier alpha value is -0.0800. The number of hydrogen-bond donors (Lipinski definition) is 1. The molecule has 2 aliphatic rings. The summed E-state index contributed by atoms with van der Waals surface area (Å²) in [7, 11) is 0. The molecule has 0 aliphatic carbocycles. The summed E-state index contributed by atoms with van der Waals surface area (Å²) in [6.45, 7) is 2.28. The Morgan fingerprint density at radius 3 is 3.38 bits per heavy atom. The summed E-state index contributed by atoms with van der Waals surface area (Å²) in [4.78, 5) is 0. The van der Waals surface area contributed by atoms with Crippen LogP contribution in [0.25, 0.3) is 0 Å². The van der Waals surface area contributed by atoms with Crippen molar-refractivity contribution in [3.63, 3.8) is 0 Å². The number of hydrogen-bond acceptors (Lipinski definition) is 2. The van der Waals surface area contributed by atoms with E-state index in [4.69, 9.17) is 4.74 Å². The zero-order valence-electron chi connectivity index (χ0n) is 4.89. The van der Waals surface area contributed by atoms with Gasteiger partial charge in [0.05, 0.1) is 12.2 Å². The van der Waals surface area contributed by atoms with Crippen molar-refractivity contribution in [2.24, 2.45) is 0 Å². The third kappa shape index (κ3) is 0.740. The lowest BCUT2D eigenvalue weighted by molar-refractivity contribution is 0.341. The molecular weight excluding hydrogens is 102 g/mol. The number of nitrogens with one attached hydrogen (secondary N) is 1. The smallest absolute Gasteiger partial charge is 0.0965 e. The second kappa shape index (κ2) is 1.71. The summed E-state index contributed by atoms with van der Waals surface area (Å²) < 4.78 is 5.30. The van der Waals surface area contributed by atoms with Gasteiger partial charge < -0.3 is 10.1 Å². The molecule has 2 heterocycles. The molecular formula is C6H11NO. The van der Waals surface area contributed by atoms with Crippen LogP contribution in [-0.4, -0.2) is 25.3 Å². The van der Waals surface area contributed by atoms with Crippen LogP contribution in [0.5, 0.6) is 0 Å². The molecule has 0 aromatic heterocycles. The Morgan fingerprint density at radius 1 is 1.38 bits per heavy atom. The largest absolute Gasteiger partial charge is 0.368 e. The number of epoxide rings is 1. The molecule has 2 saturated heterocycles. The van der Waals surface area contributed by atoms with Crippen LogP contribution in [0.2, 0.25) is 0 Å². The van der Waals surface area contributed by atoms with Crippen LogP contribution in [0.3, 0.4) is 0 Å². The van der Waals surface area contributed by atoms with Crippen LogP contribution in [0, 0.1) is 0 Å². The van der Waals surface area contributed by atoms with Crippen LogP contribution in [-0.2, 0) is 4.74 Å². The van der Waals surface area contributed by atoms with Crippen LogP contribution < -0.4 is 5.32 Å². The van der Waals surface area contributed by atoms with E-state index in [9.17, 15) is 0 Å². The molecule has 2 atom stereocenters. The van der Waals surface area contributed by atoms with Gasteiger partial charge in [0.2, 0.25) is 0 Å². The summed E-state index contributed by atoms with van der Waals surface area (Å²) >= 11 is 0. The lowest BCUT2D eigenvalue weighted by Crippen LogP contribution is -2.18. The van der Waals surface area contributed by atoms with E-state index in [1.54, 1.807) is 0 Å². The molecule has 2 fully saturated rings. The lowest BCUT2D eigenvalue weighted by Gasteiger charge is -1.95. The Morgan fingerprint density at radius 2 is 2.38 bits per heavy atom. The van der Waals surface area contributed by atoms with Gasteiger partial charge in [0, 0.05) is 6.54 Å². The Balaban J connectivity index is 1.89. The molecule has 46 valence electrons. The molecule has 1 N–H and O–H groups in total. The average Bonchev–Trinajstić information content (AvgIpc) is 2.36. The van der Waals surface area contributed by atoms with Gasteiger partial charge in [0.1, 0.15) is 0 Å². The molecule has 0 aromatic rings. The van der Waals surface area contributed by atoms with Crippen molar-refractivity contribution >= 4 is 0 Å². The Bertz CT molecular complexity index is 84.5. The highest BCUT2D eigenvalue weighted by Gasteiger charge is 2.38. The van der Waals surface area contributed by atoms with Crippen molar-refractivity contribution in [1.82, 2.24) is 5.32 Å². The Kier molecular flexibility index (Phi) is 1.02. The van der Waals surface area contributed by atoms with Gasteiger partial charge in [0.15, 0.2) is 0 Å². The number of rotatable bonds is 0. The molecule has 2 unspecified atom stereocenters. The molecule has 0 spiro atoms. The first-order chi connectivity index (χ1) is 3.97. The molecule has 0 radical (unpaired) electrons. The van der Waals surface area contributed by atoms with E-state index in [-0.39, 0.29) is 0 Å². The minimum atomic E-state index is 0.581. The van der Waals surface area contributed by atoms with E-state index >= 15 is 0 Å². The molecule has 2 nitrogen and oxygen atoms in total. The second-order valence-electron chi connectivity index (χ2n) is 2.56. The SMILES string of the molecule is C1CNCC2OC2C1. The zero-order chi connectivity index (χ0) is 5.40. The van der Waals surface area contributed by atoms with Crippen molar-refractivity contribution in [2.45, 2.75) is 25.0 Å². The van der Waals surface area contributed by atoms with Crippen molar-refractivity contribution in [3.05, 3.63) is 0 Å². The first-order valence-corrected chi connectivity index (χ1v) is 3.33. The first kappa shape index (κ1) is 4.77. The van der Waals surface area contributed by atoms with Gasteiger partial charge in [-0.15, -0.1) is 0 Å². The fourth-order valence-electron chi connectivity index (χ4n) is 1.29. The van der Waals surface area contributed by atoms with Crippen LogP contribution in [0.15, 0.2) is 0 Å². The quantitative estimate of drug-likeness (QED) is 0.452. The van der Waals surface area contributed by atoms with Crippen LogP contribution in [0.4, 0.5) is 0 Å². The van der Waals surface area contributed by atoms with Gasteiger partial charge in [-0.3, -0.25) is 0 Å². The monoisotopic (exact) mass is 113 g/mol. The Labute approximate surface area is 49.2 Å². The van der Waals surface area contributed by atoms with E-state index in [0.717, 1.165) is 6.54 Å². The summed E-state index contributed by atoms with van der Waals surface area (Å²) in [6.07, 6.45) is 3.78. The standard InChI is InChI=1S/C6H11NO/c1-2-5-6(8-5)4-7-3-1/h5-7H,1-4H2. The third-order valence-electron chi connectivity index (χ3n) is 1.88. The number of ether oxygens (including phenoxy) is 1. The van der Waals surface area contributed by atoms with Gasteiger partial charge in [-0.1, -0.05) is 0 Å². The maximum atomic E-state index is 5.30. The van der Waals surface area contributed by atoms with Gasteiger partial charge in [-0.25, -0.2) is 0 Å². The second-order valence-corrected chi connectivity index (χ2v) is 2.56. The third-order valence-corrected chi connectivity index (χ3v) is 1.88. The van der Waals surface area contributed by atoms with Crippen molar-refractivity contribution in [2.75, 3.05) is 13.1 Å². The maximum Gasteiger partial charge on any atom is 0.0965 e. The molecule has 2 rings (SSSR count). The van der Waals surface area contributed by atoms with Crippen LogP contribution in [0.1, 0.15) is 12.8 Å². The van der Waals surface area contributed by atoms with Gasteiger partial charge in [0.25, 0.3) is 0 Å². The highest BCUT2D eigenvalue weighted by molar-refractivity contribution is 4.88. The maximum absolute atomic E-state index is 5.30. The van der Waals surface area contributed by atoms with E-state index in [0.29, 0.717) is 12.2 Å². The van der Waals surface area contributed by atoms with Gasteiger partial charge in [-0.2, -0.15) is 0 Å². The molecule has 0 amide bonds. The fraction of sp³-hybridized carbons (Fsp3) is 1.00. The fourth-order valence-corrected chi connectivity index (χ4v) is 1.29. The predicted octanol–water partition coefficient (Wildman–Crippen LogP) is 0.137. The molecule has 0 saturated carbocycles. The lowest BCUT2D eigenvalue weighted by atomic mass is 10.2. The van der Waals surface area contributed by atoms with E-state index in [2.05, 4.69) is 5.32 Å². The van der Waals surface area contributed by atoms with Crippen molar-refractivity contribution < 1.29 is 4.74 Å². The zero-order valence-corrected chi connectivity index (χ0v) is 4.89. The summed E-state index contributed by atoms with van der Waals surface area (Å²) in [5, 5.41) is 3.31. The topological polar surface area (TPSA) is 24.6 Å². The highest BCUT2D eigenvalue weighted by Crippen LogP contribution is 2.27. The molecule has 8 heavy (non-hydrogen) atoms. The normalized spacial score (nSPS) is 45.0. The highest BCUT2D eigenvalue weighted by atomic mass is 16.6. The first-order valence-electron chi connectivity index (χ1n) is 3.33. The molecule has 2 heteroatoms. The number of fused-ring (bicyclic) bond motifs is 1. The van der Waals surface area contributed by atoms with Crippen molar-refractivity contribution in [1.29, 1.82) is 0 Å². The van der Waals surface area contributed by atoms with Gasteiger partial charge >= 0.3 is 0 Å². The minimum absolute atomic E-state index is 0.581. The van der Waals surface area contributed by atoms with E-state index in [1.807, 2.05) is 0 Å². The van der Waals surface area contributed by atoms with E-state index in [1.165, 1.54) is 19.4 Å². The van der Waals surface area contributed by atoms with Crippen molar-refractivity contribution in [3.8, 4) is 0 Å². The summed E-state index contributed by atoms with van der Waals surface area (Å²) in [5.41, 5.74) is 0. The molecule has 0 bridgehead atoms. The predicted molar refractivity (Wildman–Crippen MR) is 30.8 cm³/mol. The minimum Gasteiger partial charge on any atom is -0.368 e. The van der Waals surface area contributed by atoms with E-state index < -0.39 is 0 Å². The average molecular weight is 113 g/mol.